The Hall–Kier alpha value is -1.51. The first-order valence-electron chi connectivity index (χ1n) is 7.14. The predicted octanol–water partition coefficient (Wildman–Crippen LogP) is 4.73. The highest BCUT2D eigenvalue weighted by atomic mass is 35.5. The Morgan fingerprint density at radius 1 is 1.00 bits per heavy atom. The van der Waals surface area contributed by atoms with E-state index in [-0.39, 0.29) is 12.1 Å². The van der Waals surface area contributed by atoms with Crippen LogP contribution in [0.4, 0.5) is 0 Å². The number of hydrogen-bond donors (Lipinski definition) is 1. The van der Waals surface area contributed by atoms with Crippen molar-refractivity contribution in [1.29, 1.82) is 0 Å². The standard InChI is InChI=1S/C18H22ClNO/c1-11-8-13(3)17(9-12(11)2)18(20)14(4)21-16-7-5-6-15(19)10-16/h5-10,14,18H,20H2,1-4H3. The van der Waals surface area contributed by atoms with Gasteiger partial charge in [-0.05, 0) is 68.1 Å². The Bertz CT molecular complexity index is 639. The van der Waals surface area contributed by atoms with Crippen molar-refractivity contribution in [2.24, 2.45) is 5.73 Å². The van der Waals surface area contributed by atoms with E-state index in [0.717, 1.165) is 11.3 Å². The third-order valence-corrected chi connectivity index (χ3v) is 4.10. The van der Waals surface area contributed by atoms with E-state index in [9.17, 15) is 0 Å². The molecule has 3 heteroatoms. The molecule has 0 heterocycles. The summed E-state index contributed by atoms with van der Waals surface area (Å²) in [5.41, 5.74) is 11.3. The van der Waals surface area contributed by atoms with Crippen LogP contribution in [0.1, 0.15) is 35.2 Å². The average Bonchev–Trinajstić information content (AvgIpc) is 2.42. The molecule has 0 fully saturated rings. The summed E-state index contributed by atoms with van der Waals surface area (Å²) in [6.07, 6.45) is -0.135. The van der Waals surface area contributed by atoms with Crippen LogP contribution in [0.5, 0.6) is 5.75 Å². The minimum absolute atomic E-state index is 0.135. The van der Waals surface area contributed by atoms with Gasteiger partial charge < -0.3 is 10.5 Å². The van der Waals surface area contributed by atoms with Crippen LogP contribution in [-0.4, -0.2) is 6.10 Å². The lowest BCUT2D eigenvalue weighted by molar-refractivity contribution is 0.190. The Kier molecular flexibility index (Phi) is 4.92. The van der Waals surface area contributed by atoms with Crippen LogP contribution in [0.3, 0.4) is 0 Å². The van der Waals surface area contributed by atoms with Crippen molar-refractivity contribution < 1.29 is 4.74 Å². The Morgan fingerprint density at radius 2 is 1.67 bits per heavy atom. The first kappa shape index (κ1) is 15.9. The quantitative estimate of drug-likeness (QED) is 0.886. The molecule has 112 valence electrons. The van der Waals surface area contributed by atoms with Gasteiger partial charge in [0, 0.05) is 5.02 Å². The second-order valence-corrected chi connectivity index (χ2v) is 6.04. The van der Waals surface area contributed by atoms with E-state index in [4.69, 9.17) is 22.1 Å². The average molecular weight is 304 g/mol. The van der Waals surface area contributed by atoms with Gasteiger partial charge in [0.05, 0.1) is 6.04 Å². The molecule has 2 unspecified atom stereocenters. The van der Waals surface area contributed by atoms with Crippen molar-refractivity contribution in [3.05, 3.63) is 63.7 Å². The summed E-state index contributed by atoms with van der Waals surface area (Å²) >= 11 is 5.98. The number of rotatable bonds is 4. The van der Waals surface area contributed by atoms with Crippen LogP contribution in [0.25, 0.3) is 0 Å². The first-order valence-corrected chi connectivity index (χ1v) is 7.52. The second-order valence-electron chi connectivity index (χ2n) is 5.60. The molecule has 0 amide bonds. The zero-order valence-electron chi connectivity index (χ0n) is 13.0. The predicted molar refractivity (Wildman–Crippen MR) is 89.1 cm³/mol. The van der Waals surface area contributed by atoms with E-state index < -0.39 is 0 Å². The minimum Gasteiger partial charge on any atom is -0.489 e. The molecule has 0 aliphatic heterocycles. The molecule has 0 aliphatic rings. The zero-order valence-corrected chi connectivity index (χ0v) is 13.7. The van der Waals surface area contributed by atoms with Gasteiger partial charge in [-0.1, -0.05) is 29.8 Å². The van der Waals surface area contributed by atoms with Gasteiger partial charge in [-0.2, -0.15) is 0 Å². The highest BCUT2D eigenvalue weighted by molar-refractivity contribution is 6.30. The minimum atomic E-state index is -0.178. The fraction of sp³-hybridized carbons (Fsp3) is 0.333. The van der Waals surface area contributed by atoms with Crippen LogP contribution in [0.2, 0.25) is 5.02 Å². The summed E-state index contributed by atoms with van der Waals surface area (Å²) in [5, 5.41) is 0.663. The van der Waals surface area contributed by atoms with Crippen LogP contribution in [-0.2, 0) is 0 Å². The molecule has 0 saturated heterocycles. The summed E-state index contributed by atoms with van der Waals surface area (Å²) in [4.78, 5) is 0. The van der Waals surface area contributed by atoms with E-state index in [1.165, 1.54) is 16.7 Å². The van der Waals surface area contributed by atoms with Gasteiger partial charge in [-0.3, -0.25) is 0 Å². The van der Waals surface area contributed by atoms with Crippen molar-refractivity contribution in [2.75, 3.05) is 0 Å². The topological polar surface area (TPSA) is 35.2 Å². The first-order chi connectivity index (χ1) is 9.88. The summed E-state index contributed by atoms with van der Waals surface area (Å²) in [6, 6.07) is 11.6. The van der Waals surface area contributed by atoms with Gasteiger partial charge in [0.1, 0.15) is 11.9 Å². The van der Waals surface area contributed by atoms with Gasteiger partial charge in [0.25, 0.3) is 0 Å². The lowest BCUT2D eigenvalue weighted by Gasteiger charge is -2.24. The number of nitrogens with two attached hydrogens (primary N) is 1. The normalized spacial score (nSPS) is 13.8. The van der Waals surface area contributed by atoms with E-state index in [1.54, 1.807) is 6.07 Å². The van der Waals surface area contributed by atoms with Gasteiger partial charge in [0.2, 0.25) is 0 Å². The van der Waals surface area contributed by atoms with Gasteiger partial charge in [0.15, 0.2) is 0 Å². The van der Waals surface area contributed by atoms with E-state index in [1.807, 2.05) is 25.1 Å². The molecule has 0 aliphatic carbocycles. The molecule has 0 spiro atoms. The molecule has 0 bridgehead atoms. The molecular weight excluding hydrogens is 282 g/mol. The van der Waals surface area contributed by atoms with Gasteiger partial charge in [-0.15, -0.1) is 0 Å². The van der Waals surface area contributed by atoms with Crippen molar-refractivity contribution in [3.8, 4) is 5.75 Å². The highest BCUT2D eigenvalue weighted by Crippen LogP contribution is 2.26. The van der Waals surface area contributed by atoms with Crippen LogP contribution in [0.15, 0.2) is 36.4 Å². The third kappa shape index (κ3) is 3.78. The zero-order chi connectivity index (χ0) is 15.6. The highest BCUT2D eigenvalue weighted by Gasteiger charge is 2.19. The second kappa shape index (κ2) is 6.50. The van der Waals surface area contributed by atoms with Crippen molar-refractivity contribution in [1.82, 2.24) is 0 Å². The summed E-state index contributed by atoms with van der Waals surface area (Å²) in [5.74, 6) is 0.743. The Balaban J connectivity index is 2.19. The van der Waals surface area contributed by atoms with Crippen molar-refractivity contribution in [3.63, 3.8) is 0 Å². The van der Waals surface area contributed by atoms with Crippen LogP contribution < -0.4 is 10.5 Å². The monoisotopic (exact) mass is 303 g/mol. The summed E-state index contributed by atoms with van der Waals surface area (Å²) in [7, 11) is 0. The molecule has 2 nitrogen and oxygen atoms in total. The van der Waals surface area contributed by atoms with Crippen LogP contribution >= 0.6 is 11.6 Å². The number of halogens is 1. The van der Waals surface area contributed by atoms with Crippen molar-refractivity contribution in [2.45, 2.75) is 39.8 Å². The summed E-state index contributed by atoms with van der Waals surface area (Å²) < 4.78 is 5.93. The Morgan fingerprint density at radius 3 is 2.33 bits per heavy atom. The number of hydrogen-bond acceptors (Lipinski definition) is 2. The lowest BCUT2D eigenvalue weighted by Crippen LogP contribution is -2.29. The maximum Gasteiger partial charge on any atom is 0.121 e. The largest absolute Gasteiger partial charge is 0.489 e. The maximum absolute atomic E-state index is 6.39. The molecule has 0 radical (unpaired) electrons. The molecule has 2 N–H and O–H groups in total. The van der Waals surface area contributed by atoms with E-state index in [0.29, 0.717) is 5.02 Å². The molecule has 21 heavy (non-hydrogen) atoms. The van der Waals surface area contributed by atoms with E-state index >= 15 is 0 Å². The molecule has 0 aromatic heterocycles. The third-order valence-electron chi connectivity index (χ3n) is 3.87. The molecule has 2 aromatic rings. The smallest absolute Gasteiger partial charge is 0.121 e. The van der Waals surface area contributed by atoms with Crippen LogP contribution in [0, 0.1) is 20.8 Å². The van der Waals surface area contributed by atoms with E-state index in [2.05, 4.69) is 32.9 Å². The lowest BCUT2D eigenvalue weighted by atomic mass is 9.94. The molecule has 0 saturated carbocycles. The molecular formula is C18H22ClNO. The van der Waals surface area contributed by atoms with Gasteiger partial charge >= 0.3 is 0 Å². The van der Waals surface area contributed by atoms with Gasteiger partial charge in [-0.25, -0.2) is 0 Å². The number of ether oxygens (including phenoxy) is 1. The Labute approximate surface area is 131 Å². The molecule has 2 rings (SSSR count). The molecule has 2 atom stereocenters. The number of aryl methyl sites for hydroxylation is 3. The fourth-order valence-electron chi connectivity index (χ4n) is 2.42. The van der Waals surface area contributed by atoms with Crippen molar-refractivity contribution >= 4 is 11.6 Å². The summed E-state index contributed by atoms with van der Waals surface area (Å²) in [6.45, 7) is 8.30. The SMILES string of the molecule is Cc1cc(C)c(C(N)C(C)Oc2cccc(Cl)c2)cc1C. The number of benzene rings is 2. The fourth-order valence-corrected chi connectivity index (χ4v) is 2.60. The maximum atomic E-state index is 6.39. The molecule has 2 aromatic carbocycles.